The van der Waals surface area contributed by atoms with E-state index in [4.69, 9.17) is 0 Å². The summed E-state index contributed by atoms with van der Waals surface area (Å²) in [5.41, 5.74) is 1.31. The maximum absolute atomic E-state index is 11.8. The van der Waals surface area contributed by atoms with Gasteiger partial charge in [-0.1, -0.05) is 13.8 Å². The Kier molecular flexibility index (Phi) is 4.57. The largest absolute Gasteiger partial charge is 0.315 e. The summed E-state index contributed by atoms with van der Waals surface area (Å²) in [6.45, 7) is 3.68. The molecule has 0 aliphatic rings. The molecule has 0 aromatic heterocycles. The Balaban J connectivity index is 2.97. The molecule has 0 aliphatic carbocycles. The number of amides is 1. The smallest absolute Gasteiger partial charge is 0.231 e. The van der Waals surface area contributed by atoms with Gasteiger partial charge in [-0.15, -0.1) is 0 Å². The van der Waals surface area contributed by atoms with Crippen molar-refractivity contribution in [2.75, 3.05) is 29.6 Å². The minimum atomic E-state index is -3.27. The van der Waals surface area contributed by atoms with Crippen LogP contribution in [0.25, 0.3) is 0 Å². The highest BCUT2D eigenvalue weighted by Gasteiger charge is 2.16. The van der Waals surface area contributed by atoms with Gasteiger partial charge in [-0.3, -0.25) is 9.10 Å². The van der Waals surface area contributed by atoms with E-state index in [0.29, 0.717) is 5.69 Å². The topological polar surface area (TPSA) is 57.7 Å². The zero-order valence-electron chi connectivity index (χ0n) is 11.9. The maximum Gasteiger partial charge on any atom is 0.231 e. The average molecular weight is 284 g/mol. The molecule has 1 aromatic carbocycles. The number of hydrogen-bond donors (Lipinski definition) is 0. The van der Waals surface area contributed by atoms with Gasteiger partial charge in [0.25, 0.3) is 0 Å². The Morgan fingerprint density at radius 3 is 1.84 bits per heavy atom. The third kappa shape index (κ3) is 3.70. The predicted molar refractivity (Wildman–Crippen MR) is 77.9 cm³/mol. The van der Waals surface area contributed by atoms with Crippen molar-refractivity contribution in [3.8, 4) is 0 Å². The summed E-state index contributed by atoms with van der Waals surface area (Å²) in [6, 6.07) is 6.83. The number of sulfonamides is 1. The summed E-state index contributed by atoms with van der Waals surface area (Å²) in [7, 11) is -0.0666. The highest BCUT2D eigenvalue weighted by atomic mass is 32.2. The first-order chi connectivity index (χ1) is 8.64. The molecule has 0 unspecified atom stereocenters. The van der Waals surface area contributed by atoms with Crippen molar-refractivity contribution in [2.45, 2.75) is 13.8 Å². The Bertz CT molecular complexity index is 550. The van der Waals surface area contributed by atoms with Crippen LogP contribution in [0.1, 0.15) is 13.8 Å². The molecule has 19 heavy (non-hydrogen) atoms. The molecule has 6 heteroatoms. The fourth-order valence-electron chi connectivity index (χ4n) is 1.59. The highest BCUT2D eigenvalue weighted by Crippen LogP contribution is 2.21. The molecule has 0 radical (unpaired) electrons. The van der Waals surface area contributed by atoms with Crippen molar-refractivity contribution in [1.29, 1.82) is 0 Å². The molecule has 0 fully saturated rings. The standard InChI is InChI=1S/C13H20N2O3S/c1-10(2)13(16)14(3)11-6-8-12(9-7-11)15(4)19(5,17)18/h6-10H,1-5H3. The number of hydrogen-bond acceptors (Lipinski definition) is 3. The van der Waals surface area contributed by atoms with Crippen LogP contribution < -0.4 is 9.21 Å². The number of rotatable bonds is 4. The highest BCUT2D eigenvalue weighted by molar-refractivity contribution is 7.92. The SMILES string of the molecule is CC(C)C(=O)N(C)c1ccc(N(C)S(C)(=O)=O)cc1. The molecule has 1 aromatic rings. The average Bonchev–Trinajstić information content (AvgIpc) is 2.35. The van der Waals surface area contributed by atoms with Gasteiger partial charge in [0, 0.05) is 25.7 Å². The van der Waals surface area contributed by atoms with Gasteiger partial charge < -0.3 is 4.90 Å². The molecule has 0 aliphatic heterocycles. The fourth-order valence-corrected chi connectivity index (χ4v) is 2.10. The molecule has 0 N–H and O–H groups in total. The van der Waals surface area contributed by atoms with Gasteiger partial charge >= 0.3 is 0 Å². The number of benzene rings is 1. The van der Waals surface area contributed by atoms with Crippen LogP contribution in [0.4, 0.5) is 11.4 Å². The molecular weight excluding hydrogens is 264 g/mol. The lowest BCUT2D eigenvalue weighted by Gasteiger charge is -2.21. The first-order valence-corrected chi connectivity index (χ1v) is 7.81. The van der Waals surface area contributed by atoms with Crippen LogP contribution in [0.5, 0.6) is 0 Å². The van der Waals surface area contributed by atoms with E-state index in [2.05, 4.69) is 0 Å². The Labute approximate surface area is 114 Å². The van der Waals surface area contributed by atoms with Gasteiger partial charge in [0.2, 0.25) is 15.9 Å². The quantitative estimate of drug-likeness (QED) is 0.845. The lowest BCUT2D eigenvalue weighted by molar-refractivity contribution is -0.121. The van der Waals surface area contributed by atoms with Crippen molar-refractivity contribution in [1.82, 2.24) is 0 Å². The Morgan fingerprint density at radius 1 is 1.05 bits per heavy atom. The molecule has 106 valence electrons. The van der Waals surface area contributed by atoms with Crippen molar-refractivity contribution in [3.63, 3.8) is 0 Å². The summed E-state index contributed by atoms with van der Waals surface area (Å²) < 4.78 is 24.0. The predicted octanol–water partition coefficient (Wildman–Crippen LogP) is 1.70. The van der Waals surface area contributed by atoms with Crippen LogP contribution in [-0.4, -0.2) is 34.7 Å². The van der Waals surface area contributed by atoms with E-state index < -0.39 is 10.0 Å². The van der Waals surface area contributed by atoms with Crippen LogP contribution in [0.2, 0.25) is 0 Å². The molecular formula is C13H20N2O3S. The minimum Gasteiger partial charge on any atom is -0.315 e. The number of anilines is 2. The fraction of sp³-hybridized carbons (Fsp3) is 0.462. The monoisotopic (exact) mass is 284 g/mol. The van der Waals surface area contributed by atoms with Gasteiger partial charge in [0.15, 0.2) is 0 Å². The third-order valence-corrected chi connectivity index (χ3v) is 4.13. The van der Waals surface area contributed by atoms with Crippen molar-refractivity contribution in [3.05, 3.63) is 24.3 Å². The summed E-state index contributed by atoms with van der Waals surface area (Å²) in [5.74, 6) is -0.0624. The van der Waals surface area contributed by atoms with E-state index in [0.717, 1.165) is 11.9 Å². The molecule has 0 heterocycles. The van der Waals surface area contributed by atoms with Gasteiger partial charge in [-0.2, -0.15) is 0 Å². The van der Waals surface area contributed by atoms with E-state index >= 15 is 0 Å². The third-order valence-electron chi connectivity index (χ3n) is 2.92. The minimum absolute atomic E-state index is 0.0178. The van der Waals surface area contributed by atoms with Crippen LogP contribution >= 0.6 is 0 Å². The van der Waals surface area contributed by atoms with Crippen molar-refractivity contribution < 1.29 is 13.2 Å². The van der Waals surface area contributed by atoms with Crippen LogP contribution in [0, 0.1) is 5.92 Å². The summed E-state index contributed by atoms with van der Waals surface area (Å²) in [5, 5.41) is 0. The van der Waals surface area contributed by atoms with Crippen molar-refractivity contribution in [2.24, 2.45) is 5.92 Å². The van der Waals surface area contributed by atoms with Crippen LogP contribution in [0.15, 0.2) is 24.3 Å². The van der Waals surface area contributed by atoms with E-state index in [1.54, 1.807) is 36.2 Å². The molecule has 1 rings (SSSR count). The molecule has 0 saturated carbocycles. The molecule has 0 saturated heterocycles. The summed E-state index contributed by atoms with van der Waals surface area (Å²) in [6.07, 6.45) is 1.15. The number of carbonyl (C=O) groups is 1. The van der Waals surface area contributed by atoms with Gasteiger partial charge in [0.1, 0.15) is 0 Å². The second-order valence-corrected chi connectivity index (χ2v) is 6.81. The van der Waals surface area contributed by atoms with Crippen LogP contribution in [-0.2, 0) is 14.8 Å². The van der Waals surface area contributed by atoms with Gasteiger partial charge in [0.05, 0.1) is 11.9 Å². The normalized spacial score (nSPS) is 11.5. The van der Waals surface area contributed by atoms with Crippen LogP contribution in [0.3, 0.4) is 0 Å². The summed E-state index contributed by atoms with van der Waals surface area (Å²) >= 11 is 0. The van der Waals surface area contributed by atoms with E-state index in [-0.39, 0.29) is 11.8 Å². The maximum atomic E-state index is 11.8. The van der Waals surface area contributed by atoms with E-state index in [1.165, 1.54) is 11.4 Å². The lowest BCUT2D eigenvalue weighted by Crippen LogP contribution is -2.30. The van der Waals surface area contributed by atoms with Gasteiger partial charge in [-0.05, 0) is 24.3 Å². The Morgan fingerprint density at radius 2 is 1.47 bits per heavy atom. The van der Waals surface area contributed by atoms with E-state index in [1.807, 2.05) is 13.8 Å². The lowest BCUT2D eigenvalue weighted by atomic mass is 10.2. The second kappa shape index (κ2) is 5.61. The molecule has 1 amide bonds. The first-order valence-electron chi connectivity index (χ1n) is 5.96. The molecule has 5 nitrogen and oxygen atoms in total. The number of carbonyl (C=O) groups excluding carboxylic acids is 1. The molecule has 0 spiro atoms. The number of nitrogens with zero attached hydrogens (tertiary/aromatic N) is 2. The Hall–Kier alpha value is -1.56. The molecule has 0 atom stereocenters. The van der Waals surface area contributed by atoms with Gasteiger partial charge in [-0.25, -0.2) is 8.42 Å². The van der Waals surface area contributed by atoms with E-state index in [9.17, 15) is 13.2 Å². The second-order valence-electron chi connectivity index (χ2n) is 4.80. The summed E-state index contributed by atoms with van der Waals surface area (Å²) in [4.78, 5) is 13.4. The molecule has 0 bridgehead atoms. The zero-order chi connectivity index (χ0) is 14.8. The van der Waals surface area contributed by atoms with Crippen molar-refractivity contribution >= 4 is 27.3 Å². The zero-order valence-corrected chi connectivity index (χ0v) is 12.7. The first kappa shape index (κ1) is 15.5.